The second-order valence-electron chi connectivity index (χ2n) is 19.2. The fourth-order valence-corrected chi connectivity index (χ4v) is 8.72. The fraction of sp³-hybridized carbons (Fsp3) is 0.654. The molecule has 2 fully saturated rings. The Morgan fingerprint density at radius 2 is 1.28 bits per heavy atom. The summed E-state index contributed by atoms with van der Waals surface area (Å²) in [6.07, 6.45) is 2.21. The van der Waals surface area contributed by atoms with Gasteiger partial charge in [0.05, 0.1) is 93.7 Å². The number of aliphatic hydroxyl groups excluding tert-OH is 9. The first-order chi connectivity index (χ1) is 35.0. The van der Waals surface area contributed by atoms with Crippen molar-refractivity contribution >= 4 is 23.8 Å². The number of cyclic esters (lactones) is 1. The molecule has 0 saturated carbocycles. The molecule has 3 heterocycles. The topological polar surface area (TPSA) is 367 Å². The molecule has 3 aliphatic heterocycles. The predicted octanol–water partition coefficient (Wildman–Crippen LogP) is -0.967. The summed E-state index contributed by atoms with van der Waals surface area (Å²) < 4.78 is 28.6. The number of allylic oxidation sites excluding steroid dienone is 12. The molecule has 74 heavy (non-hydrogen) atoms. The molecule has 2 amide bonds. The number of methoxy groups -OCH3 is 1. The number of esters is 2. The minimum atomic E-state index is -2.35. The zero-order chi connectivity index (χ0) is 55.1. The lowest BCUT2D eigenvalue weighted by Crippen LogP contribution is -2.64. The van der Waals surface area contributed by atoms with Crippen LogP contribution in [0.3, 0.4) is 0 Å². The Balaban J connectivity index is 1.94. The van der Waals surface area contributed by atoms with Gasteiger partial charge in [0.2, 0.25) is 11.8 Å². The molecule has 0 aromatic heterocycles. The second-order valence-corrected chi connectivity index (χ2v) is 19.2. The number of rotatable bonds is 7. The van der Waals surface area contributed by atoms with Gasteiger partial charge in [0.15, 0.2) is 12.1 Å². The SMILES string of the molecule is COC(=O)[C@H]1[C@@H]2C[C@@H](O[C@@H]3O[C@H](C)[C@@H](O)[C@H](NC(=O)CNC(=O)CN)[C@@H]3O)/C=C/C=C/C=C/C=C/C=C/C=C/C=C/[C@H](C)[C@@H](O)[C@@H](C)[C@H](C)OC(=O)C[C@H](O)C[C@H](O)CC[C@@H](O)[C@H](O)C[C@H](O)C[C@](O)(C[C@@H]1O)O2. The van der Waals surface area contributed by atoms with E-state index in [-0.39, 0.29) is 38.1 Å². The normalized spacial score (nSPS) is 41.2. The maximum atomic E-state index is 13.2. The van der Waals surface area contributed by atoms with E-state index in [2.05, 4.69) is 10.6 Å². The lowest BCUT2D eigenvalue weighted by Gasteiger charge is -2.45. The summed E-state index contributed by atoms with van der Waals surface area (Å²) in [5, 5.41) is 115. The number of nitrogens with two attached hydrogens (primary N) is 1. The smallest absolute Gasteiger partial charge is 0.313 e. The van der Waals surface area contributed by atoms with Gasteiger partial charge in [0.25, 0.3) is 0 Å². The molecule has 0 radical (unpaired) electrons. The average molecular weight is 1050 g/mol. The van der Waals surface area contributed by atoms with Gasteiger partial charge < -0.3 is 91.1 Å². The first-order valence-corrected chi connectivity index (χ1v) is 25.0. The largest absolute Gasteiger partial charge is 0.469 e. The van der Waals surface area contributed by atoms with Crippen molar-refractivity contribution in [3.8, 4) is 0 Å². The summed E-state index contributed by atoms with van der Waals surface area (Å²) in [5.74, 6) is -7.60. The van der Waals surface area contributed by atoms with Gasteiger partial charge in [0, 0.05) is 37.5 Å². The minimum Gasteiger partial charge on any atom is -0.469 e. The Labute approximate surface area is 432 Å². The van der Waals surface area contributed by atoms with Crippen LogP contribution in [0.2, 0.25) is 0 Å². The van der Waals surface area contributed by atoms with Crippen LogP contribution in [0.4, 0.5) is 0 Å². The van der Waals surface area contributed by atoms with Gasteiger partial charge in [0.1, 0.15) is 24.2 Å². The summed E-state index contributed by atoms with van der Waals surface area (Å²) in [7, 11) is 1.08. The summed E-state index contributed by atoms with van der Waals surface area (Å²) in [6.45, 7) is 5.76. The molecule has 0 spiro atoms. The van der Waals surface area contributed by atoms with E-state index >= 15 is 0 Å². The molecule has 2 saturated heterocycles. The third kappa shape index (κ3) is 21.6. The first-order valence-electron chi connectivity index (χ1n) is 25.0. The van der Waals surface area contributed by atoms with Crippen molar-refractivity contribution in [1.29, 1.82) is 0 Å². The average Bonchev–Trinajstić information content (AvgIpc) is 3.33. The monoisotopic (exact) mass is 1050 g/mol. The summed E-state index contributed by atoms with van der Waals surface area (Å²) in [5.41, 5.74) is 5.30. The number of hydrogen-bond acceptors (Lipinski definition) is 20. The zero-order valence-electron chi connectivity index (χ0n) is 42.8. The Bertz CT molecular complexity index is 1960. The van der Waals surface area contributed by atoms with E-state index in [4.69, 9.17) is 29.4 Å². The van der Waals surface area contributed by atoms with E-state index in [1.807, 2.05) is 13.0 Å². The Hall–Kier alpha value is -4.50. The lowest BCUT2D eigenvalue weighted by molar-refractivity contribution is -0.309. The van der Waals surface area contributed by atoms with Gasteiger partial charge in [-0.2, -0.15) is 0 Å². The van der Waals surface area contributed by atoms with Crippen LogP contribution < -0.4 is 16.4 Å². The Morgan fingerprint density at radius 3 is 1.88 bits per heavy atom. The van der Waals surface area contributed by atoms with Gasteiger partial charge in [-0.25, -0.2) is 0 Å². The second kappa shape index (κ2) is 32.2. The van der Waals surface area contributed by atoms with Crippen LogP contribution in [0.15, 0.2) is 85.1 Å². The highest BCUT2D eigenvalue weighted by molar-refractivity contribution is 5.85. The number of aliphatic hydroxyl groups is 10. The van der Waals surface area contributed by atoms with Crippen molar-refractivity contribution in [3.05, 3.63) is 85.1 Å². The van der Waals surface area contributed by atoms with Crippen molar-refractivity contribution < 1.29 is 93.9 Å². The first kappa shape index (κ1) is 63.8. The molecule has 0 aromatic rings. The van der Waals surface area contributed by atoms with E-state index in [1.165, 1.54) is 13.0 Å². The lowest BCUT2D eigenvalue weighted by atomic mass is 9.82. The quantitative estimate of drug-likeness (QED) is 0.136. The van der Waals surface area contributed by atoms with Gasteiger partial charge in [-0.15, -0.1) is 0 Å². The van der Waals surface area contributed by atoms with Crippen molar-refractivity contribution in [2.24, 2.45) is 23.5 Å². The van der Waals surface area contributed by atoms with Gasteiger partial charge in [-0.05, 0) is 33.1 Å². The van der Waals surface area contributed by atoms with Crippen molar-refractivity contribution in [1.82, 2.24) is 10.6 Å². The van der Waals surface area contributed by atoms with Crippen molar-refractivity contribution in [3.63, 3.8) is 0 Å². The number of carbonyl (C=O) groups is 4. The van der Waals surface area contributed by atoms with Crippen LogP contribution in [0, 0.1) is 17.8 Å². The summed E-state index contributed by atoms with van der Waals surface area (Å²) in [6, 6.07) is -1.37. The highest BCUT2D eigenvalue weighted by Crippen LogP contribution is 2.38. The Morgan fingerprint density at radius 1 is 0.689 bits per heavy atom. The molecule has 3 rings (SSSR count). The fourth-order valence-electron chi connectivity index (χ4n) is 8.72. The van der Waals surface area contributed by atoms with Crippen LogP contribution in [-0.4, -0.2) is 192 Å². The number of amides is 2. The van der Waals surface area contributed by atoms with Crippen molar-refractivity contribution in [2.75, 3.05) is 20.2 Å². The van der Waals surface area contributed by atoms with E-state index in [9.17, 15) is 70.2 Å². The molecular weight excluding hydrogens is 971 g/mol. The highest BCUT2D eigenvalue weighted by atomic mass is 16.7. The molecule has 0 unspecified atom stereocenters. The maximum Gasteiger partial charge on any atom is 0.313 e. The zero-order valence-corrected chi connectivity index (χ0v) is 42.8. The molecule has 3 aliphatic rings. The van der Waals surface area contributed by atoms with Crippen LogP contribution in [0.5, 0.6) is 0 Å². The summed E-state index contributed by atoms with van der Waals surface area (Å²) >= 11 is 0. The van der Waals surface area contributed by atoms with E-state index < -0.39 is 165 Å². The van der Waals surface area contributed by atoms with Crippen LogP contribution in [0.1, 0.15) is 79.1 Å². The van der Waals surface area contributed by atoms with Crippen molar-refractivity contribution in [2.45, 2.75) is 177 Å². The van der Waals surface area contributed by atoms with E-state index in [0.717, 1.165) is 7.11 Å². The maximum absolute atomic E-state index is 13.2. The molecule has 19 atom stereocenters. The minimum absolute atomic E-state index is 0.124. The molecule has 418 valence electrons. The molecule has 14 N–H and O–H groups in total. The number of nitrogens with one attached hydrogen (secondary N) is 2. The predicted molar refractivity (Wildman–Crippen MR) is 267 cm³/mol. The van der Waals surface area contributed by atoms with Gasteiger partial charge in [-0.3, -0.25) is 19.2 Å². The van der Waals surface area contributed by atoms with Crippen LogP contribution in [0.25, 0.3) is 0 Å². The standard InChI is InChI=1S/C52H81N3O19/c1-30-18-16-14-12-10-8-6-7-9-11-13-15-17-19-37(73-51-49(67)46(48(66)33(4)72-51)55-43(63)29-54-42(62)28-53)25-41-45(50(68)70-5)40(61)27-52(69,74-41)26-36(58)23-39(60)38(59)21-20-34(56)22-35(57)24-44(64)71-32(3)31(2)47(30)65/h6-19,30-41,45-49,51,56-61,65-67,69H,20-29,53H2,1-5H3,(H,54,62)(H,55,63)/b7-6+,10-8+,11-9+,14-12+,15-13+,18-16+,19-17+/t30-,31-,32-,33+,34+,35+,36-,37-,38+,39+,40-,41-,45+,46-,47+,48+,49-,51-,52+/m0/s1. The number of carbonyl (C=O) groups excluding carboxylic acids is 4. The van der Waals surface area contributed by atoms with Gasteiger partial charge in [-0.1, -0.05) is 98.9 Å². The van der Waals surface area contributed by atoms with Gasteiger partial charge >= 0.3 is 11.9 Å². The molecule has 0 aromatic carbocycles. The highest BCUT2D eigenvalue weighted by Gasteiger charge is 2.51. The Kier molecular flexibility index (Phi) is 27.7. The number of ether oxygens (including phenoxy) is 5. The third-order valence-corrected chi connectivity index (χ3v) is 13.1. The van der Waals surface area contributed by atoms with E-state index in [1.54, 1.807) is 86.8 Å². The summed E-state index contributed by atoms with van der Waals surface area (Å²) in [4.78, 5) is 50.3. The number of fused-ring (bicyclic) bond motifs is 2. The van der Waals surface area contributed by atoms with Crippen LogP contribution >= 0.6 is 0 Å². The van der Waals surface area contributed by atoms with E-state index in [0.29, 0.717) is 0 Å². The molecule has 22 nitrogen and oxygen atoms in total. The molecule has 0 aliphatic carbocycles. The number of hydrogen-bond donors (Lipinski definition) is 13. The van der Waals surface area contributed by atoms with Crippen LogP contribution in [-0.2, 0) is 42.9 Å². The third-order valence-electron chi connectivity index (χ3n) is 13.1. The molecule has 22 heteroatoms. The molecule has 2 bridgehead atoms. The molecular formula is C52H81N3O19.